The first-order valence-corrected chi connectivity index (χ1v) is 6.82. The van der Waals surface area contributed by atoms with E-state index in [1.165, 1.54) is 0 Å². The van der Waals surface area contributed by atoms with Crippen LogP contribution in [-0.4, -0.2) is 11.7 Å². The Kier molecular flexibility index (Phi) is 3.31. The van der Waals surface area contributed by atoms with Gasteiger partial charge in [-0.2, -0.15) is 0 Å². The Morgan fingerprint density at radius 3 is 2.42 bits per heavy atom. The molecule has 1 aliphatic rings. The van der Waals surface area contributed by atoms with Crippen molar-refractivity contribution in [2.75, 3.05) is 6.54 Å². The van der Waals surface area contributed by atoms with Crippen molar-refractivity contribution in [3.8, 4) is 0 Å². The Balaban J connectivity index is 1.82. The van der Waals surface area contributed by atoms with Crippen molar-refractivity contribution in [2.24, 2.45) is 0 Å². The zero-order valence-electron chi connectivity index (χ0n) is 10.5. The summed E-state index contributed by atoms with van der Waals surface area (Å²) in [5, 5.41) is 14.9. The summed E-state index contributed by atoms with van der Waals surface area (Å²) in [7, 11) is 0. The van der Waals surface area contributed by atoms with Crippen molar-refractivity contribution in [3.05, 3.63) is 70.7 Å². The summed E-state index contributed by atoms with van der Waals surface area (Å²) in [5.41, 5.74) is 1.35. The van der Waals surface area contributed by atoms with Crippen LogP contribution in [0.25, 0.3) is 0 Å². The van der Waals surface area contributed by atoms with Crippen LogP contribution < -0.4 is 5.32 Å². The van der Waals surface area contributed by atoms with E-state index < -0.39 is 5.60 Å². The lowest BCUT2D eigenvalue weighted by Crippen LogP contribution is -2.28. The molecule has 0 spiro atoms. The molecule has 2 nitrogen and oxygen atoms in total. The summed E-state index contributed by atoms with van der Waals surface area (Å²) in [6, 6.07) is 17.8. The molecule has 98 valence electrons. The number of hydrogen-bond donors (Lipinski definition) is 2. The van der Waals surface area contributed by atoms with E-state index >= 15 is 0 Å². The van der Waals surface area contributed by atoms with Gasteiger partial charge in [0.05, 0.1) is 0 Å². The molecule has 1 aliphatic heterocycles. The average molecular weight is 274 g/mol. The molecule has 1 saturated heterocycles. The van der Waals surface area contributed by atoms with Crippen molar-refractivity contribution in [3.63, 3.8) is 0 Å². The molecule has 0 radical (unpaired) electrons. The van der Waals surface area contributed by atoms with Crippen molar-refractivity contribution >= 4 is 11.6 Å². The molecule has 3 heteroatoms. The van der Waals surface area contributed by atoms with Crippen LogP contribution in [0.3, 0.4) is 0 Å². The molecule has 2 aromatic rings. The summed E-state index contributed by atoms with van der Waals surface area (Å²) < 4.78 is 0. The van der Waals surface area contributed by atoms with Crippen LogP contribution in [0.1, 0.15) is 23.6 Å². The van der Waals surface area contributed by atoms with E-state index in [2.05, 4.69) is 5.32 Å². The molecule has 3 rings (SSSR count). The highest BCUT2D eigenvalue weighted by Gasteiger charge is 2.38. The van der Waals surface area contributed by atoms with Gasteiger partial charge in [0, 0.05) is 24.0 Å². The van der Waals surface area contributed by atoms with Crippen LogP contribution in [-0.2, 0) is 5.60 Å². The van der Waals surface area contributed by atoms with Gasteiger partial charge < -0.3 is 10.4 Å². The molecule has 2 N–H and O–H groups in total. The smallest absolute Gasteiger partial charge is 0.104 e. The molecule has 1 fully saturated rings. The maximum atomic E-state index is 10.8. The monoisotopic (exact) mass is 273 g/mol. The Bertz CT molecular complexity index is 555. The van der Waals surface area contributed by atoms with E-state index in [1.54, 1.807) is 0 Å². The standard InChI is InChI=1S/C16H16ClNO/c17-14-8-6-12(7-9-14)15-10-16(19,11-18-15)13-4-2-1-3-5-13/h1-9,15,18-19H,10-11H2/t15-,16-/m0/s1. The minimum absolute atomic E-state index is 0.169. The first kappa shape index (κ1) is 12.7. The number of aliphatic hydroxyl groups is 1. The van der Waals surface area contributed by atoms with E-state index in [0.29, 0.717) is 13.0 Å². The van der Waals surface area contributed by atoms with Gasteiger partial charge in [0.25, 0.3) is 0 Å². The van der Waals surface area contributed by atoms with E-state index in [0.717, 1.165) is 16.1 Å². The zero-order valence-corrected chi connectivity index (χ0v) is 11.3. The molecule has 19 heavy (non-hydrogen) atoms. The fourth-order valence-electron chi connectivity index (χ4n) is 2.67. The summed E-state index contributed by atoms with van der Waals surface area (Å²) in [6.07, 6.45) is 0.679. The van der Waals surface area contributed by atoms with Crippen LogP contribution in [0.5, 0.6) is 0 Å². The fraction of sp³-hybridized carbons (Fsp3) is 0.250. The molecule has 0 aliphatic carbocycles. The second-order valence-electron chi connectivity index (χ2n) is 5.09. The third-order valence-electron chi connectivity index (χ3n) is 3.77. The third kappa shape index (κ3) is 2.52. The topological polar surface area (TPSA) is 32.3 Å². The molecule has 2 atom stereocenters. The molecule has 0 saturated carbocycles. The van der Waals surface area contributed by atoms with Crippen LogP contribution >= 0.6 is 11.6 Å². The van der Waals surface area contributed by atoms with E-state index in [4.69, 9.17) is 11.6 Å². The van der Waals surface area contributed by atoms with E-state index in [1.807, 2.05) is 54.6 Å². The third-order valence-corrected chi connectivity index (χ3v) is 4.02. The maximum absolute atomic E-state index is 10.8. The van der Waals surface area contributed by atoms with Crippen LogP contribution in [0.4, 0.5) is 0 Å². The zero-order chi connectivity index (χ0) is 13.3. The maximum Gasteiger partial charge on any atom is 0.104 e. The SMILES string of the molecule is O[C@]1(c2ccccc2)CN[C@H](c2ccc(Cl)cc2)C1. The Labute approximate surface area is 118 Å². The predicted molar refractivity (Wildman–Crippen MR) is 77.2 cm³/mol. The van der Waals surface area contributed by atoms with Gasteiger partial charge in [0.15, 0.2) is 0 Å². The first-order valence-electron chi connectivity index (χ1n) is 6.44. The Morgan fingerprint density at radius 1 is 1.05 bits per heavy atom. The molecule has 0 aromatic heterocycles. The Morgan fingerprint density at radius 2 is 1.74 bits per heavy atom. The quantitative estimate of drug-likeness (QED) is 0.880. The van der Waals surface area contributed by atoms with Gasteiger partial charge in [0.2, 0.25) is 0 Å². The Hall–Kier alpha value is -1.35. The van der Waals surface area contributed by atoms with Crippen molar-refractivity contribution in [1.29, 1.82) is 0 Å². The van der Waals surface area contributed by atoms with Gasteiger partial charge in [0.1, 0.15) is 5.60 Å². The second kappa shape index (κ2) is 4.97. The van der Waals surface area contributed by atoms with E-state index in [-0.39, 0.29) is 6.04 Å². The lowest BCUT2D eigenvalue weighted by molar-refractivity contribution is 0.0559. The minimum Gasteiger partial charge on any atom is -0.384 e. The largest absolute Gasteiger partial charge is 0.384 e. The summed E-state index contributed by atoms with van der Waals surface area (Å²) in [5.74, 6) is 0. The lowest BCUT2D eigenvalue weighted by Gasteiger charge is -2.22. The fourth-order valence-corrected chi connectivity index (χ4v) is 2.80. The molecule has 0 bridgehead atoms. The van der Waals surface area contributed by atoms with Crippen LogP contribution in [0, 0.1) is 0 Å². The number of hydrogen-bond acceptors (Lipinski definition) is 2. The molecular weight excluding hydrogens is 258 g/mol. The predicted octanol–water partition coefficient (Wildman–Crippen LogP) is 3.26. The number of rotatable bonds is 2. The van der Waals surface area contributed by atoms with Crippen molar-refractivity contribution in [2.45, 2.75) is 18.1 Å². The molecule has 0 amide bonds. The van der Waals surface area contributed by atoms with Crippen LogP contribution in [0.2, 0.25) is 5.02 Å². The molecular formula is C16H16ClNO. The lowest BCUT2D eigenvalue weighted by atomic mass is 9.89. The summed E-state index contributed by atoms with van der Waals surface area (Å²) in [6.45, 7) is 0.574. The van der Waals surface area contributed by atoms with Crippen molar-refractivity contribution < 1.29 is 5.11 Å². The van der Waals surface area contributed by atoms with Crippen LogP contribution in [0.15, 0.2) is 54.6 Å². The normalized spacial score (nSPS) is 26.5. The van der Waals surface area contributed by atoms with Gasteiger partial charge in [-0.1, -0.05) is 54.1 Å². The number of nitrogens with one attached hydrogen (secondary N) is 1. The summed E-state index contributed by atoms with van der Waals surface area (Å²) >= 11 is 5.90. The molecule has 1 heterocycles. The highest BCUT2D eigenvalue weighted by atomic mass is 35.5. The average Bonchev–Trinajstić information content (AvgIpc) is 2.85. The van der Waals surface area contributed by atoms with Gasteiger partial charge in [-0.05, 0) is 23.3 Å². The minimum atomic E-state index is -0.786. The highest BCUT2D eigenvalue weighted by molar-refractivity contribution is 6.30. The number of benzene rings is 2. The number of β-amino-alcohol motifs (C(OH)–C–C–N with tert-alkyl or cyclic N) is 1. The molecule has 2 aromatic carbocycles. The first-order chi connectivity index (χ1) is 9.17. The van der Waals surface area contributed by atoms with Gasteiger partial charge in [-0.3, -0.25) is 0 Å². The van der Waals surface area contributed by atoms with Gasteiger partial charge in [-0.15, -0.1) is 0 Å². The van der Waals surface area contributed by atoms with Gasteiger partial charge in [-0.25, -0.2) is 0 Å². The number of halogens is 1. The highest BCUT2D eigenvalue weighted by Crippen LogP contribution is 2.37. The van der Waals surface area contributed by atoms with Crippen molar-refractivity contribution in [1.82, 2.24) is 5.32 Å². The van der Waals surface area contributed by atoms with Gasteiger partial charge >= 0.3 is 0 Å². The summed E-state index contributed by atoms with van der Waals surface area (Å²) in [4.78, 5) is 0. The second-order valence-corrected chi connectivity index (χ2v) is 5.52. The molecule has 0 unspecified atom stereocenters. The van der Waals surface area contributed by atoms with E-state index in [9.17, 15) is 5.11 Å².